The normalized spacial score (nSPS) is 24.4. The van der Waals surface area contributed by atoms with Crippen LogP contribution >= 0.6 is 0 Å². The van der Waals surface area contributed by atoms with Gasteiger partial charge in [-0.1, -0.05) is 5.16 Å². The molecule has 2 aromatic rings. The lowest BCUT2D eigenvalue weighted by molar-refractivity contribution is 0.0625. The number of aromatic nitrogens is 4. The molecule has 0 bridgehead atoms. The fraction of sp³-hybridized carbons (Fsp3) is 0.500. The first-order chi connectivity index (χ1) is 7.74. The second-order valence-electron chi connectivity index (χ2n) is 4.14. The van der Waals surface area contributed by atoms with E-state index in [0.29, 0.717) is 30.4 Å². The lowest BCUT2D eigenvalue weighted by Gasteiger charge is -2.27. The predicted molar refractivity (Wildman–Crippen MR) is 54.5 cm³/mol. The summed E-state index contributed by atoms with van der Waals surface area (Å²) in [4.78, 5) is 8.44. The van der Waals surface area contributed by atoms with Gasteiger partial charge in [-0.2, -0.15) is 4.98 Å². The number of rotatable bonds is 2. The number of aliphatic hydroxyl groups excluding tert-OH is 1. The Morgan fingerprint density at radius 3 is 2.94 bits per heavy atom. The zero-order valence-electron chi connectivity index (χ0n) is 8.87. The topological polar surface area (TPSA) is 77.0 Å². The number of aryl methyl sites for hydroxylation is 1. The highest BCUT2D eigenvalue weighted by atomic mass is 16.5. The van der Waals surface area contributed by atoms with Crippen molar-refractivity contribution in [1.82, 2.24) is 19.7 Å². The first kappa shape index (κ1) is 9.53. The van der Waals surface area contributed by atoms with Crippen molar-refractivity contribution in [2.75, 3.05) is 0 Å². The van der Waals surface area contributed by atoms with Crippen molar-refractivity contribution in [2.24, 2.45) is 7.05 Å². The summed E-state index contributed by atoms with van der Waals surface area (Å²) in [5, 5.41) is 13.1. The second kappa shape index (κ2) is 3.41. The van der Waals surface area contributed by atoms with Crippen molar-refractivity contribution < 1.29 is 9.63 Å². The van der Waals surface area contributed by atoms with Gasteiger partial charge in [0.1, 0.15) is 0 Å². The molecule has 6 nitrogen and oxygen atoms in total. The molecule has 1 saturated carbocycles. The lowest BCUT2D eigenvalue weighted by atomic mass is 9.82. The maximum atomic E-state index is 9.21. The van der Waals surface area contributed by atoms with Crippen LogP contribution in [0.2, 0.25) is 0 Å². The number of aliphatic hydroxyl groups is 1. The monoisotopic (exact) mass is 220 g/mol. The minimum absolute atomic E-state index is 0.205. The molecule has 0 radical (unpaired) electrons. The molecule has 0 saturated heterocycles. The smallest absolute Gasteiger partial charge is 0.238 e. The Morgan fingerprint density at radius 2 is 2.31 bits per heavy atom. The quantitative estimate of drug-likeness (QED) is 0.806. The molecule has 0 aromatic carbocycles. The standard InChI is InChI=1S/C10H12N4O2/c1-14-3-2-11-9(14)8-12-10(16-13-8)6-4-7(15)5-6/h2-3,6-7,15H,4-5H2,1H3. The third-order valence-corrected chi connectivity index (χ3v) is 2.93. The van der Waals surface area contributed by atoms with Gasteiger partial charge in [-0.05, 0) is 12.8 Å². The molecule has 1 N–H and O–H groups in total. The Balaban J connectivity index is 1.86. The average Bonchev–Trinajstić information content (AvgIpc) is 2.81. The van der Waals surface area contributed by atoms with Crippen LogP contribution < -0.4 is 0 Å². The Kier molecular flexibility index (Phi) is 2.03. The van der Waals surface area contributed by atoms with Crippen LogP contribution in [0, 0.1) is 0 Å². The fourth-order valence-corrected chi connectivity index (χ4v) is 1.86. The molecule has 2 heterocycles. The molecule has 2 aromatic heterocycles. The van der Waals surface area contributed by atoms with Crippen molar-refractivity contribution in [1.29, 1.82) is 0 Å². The van der Waals surface area contributed by atoms with Gasteiger partial charge in [0.25, 0.3) is 0 Å². The second-order valence-corrected chi connectivity index (χ2v) is 4.14. The Hall–Kier alpha value is -1.69. The highest BCUT2D eigenvalue weighted by Gasteiger charge is 2.33. The van der Waals surface area contributed by atoms with Crippen molar-refractivity contribution in [3.8, 4) is 11.6 Å². The number of hydrogen-bond acceptors (Lipinski definition) is 5. The maximum Gasteiger partial charge on any atom is 0.238 e. The van der Waals surface area contributed by atoms with E-state index >= 15 is 0 Å². The zero-order chi connectivity index (χ0) is 11.1. The van der Waals surface area contributed by atoms with Crippen LogP contribution in [0.4, 0.5) is 0 Å². The van der Waals surface area contributed by atoms with E-state index in [1.165, 1.54) is 0 Å². The Bertz CT molecular complexity index is 498. The van der Waals surface area contributed by atoms with Gasteiger partial charge in [0.2, 0.25) is 11.7 Å². The van der Waals surface area contributed by atoms with Gasteiger partial charge in [0, 0.05) is 25.4 Å². The molecule has 16 heavy (non-hydrogen) atoms. The minimum atomic E-state index is -0.214. The predicted octanol–water partition coefficient (Wildman–Crippen LogP) is 0.708. The molecule has 3 rings (SSSR count). The molecule has 0 atom stereocenters. The van der Waals surface area contributed by atoms with E-state index in [1.54, 1.807) is 6.20 Å². The van der Waals surface area contributed by atoms with Crippen LogP contribution in [-0.4, -0.2) is 30.9 Å². The van der Waals surface area contributed by atoms with E-state index in [1.807, 2.05) is 17.8 Å². The molecular formula is C10H12N4O2. The summed E-state index contributed by atoms with van der Waals surface area (Å²) in [5.74, 6) is 2.00. The maximum absolute atomic E-state index is 9.21. The number of nitrogens with zero attached hydrogens (tertiary/aromatic N) is 4. The van der Waals surface area contributed by atoms with Gasteiger partial charge in [0.15, 0.2) is 5.82 Å². The molecule has 0 spiro atoms. The third kappa shape index (κ3) is 1.42. The van der Waals surface area contributed by atoms with Crippen molar-refractivity contribution in [3.05, 3.63) is 18.3 Å². The van der Waals surface area contributed by atoms with Gasteiger partial charge in [-0.15, -0.1) is 0 Å². The first-order valence-electron chi connectivity index (χ1n) is 5.23. The van der Waals surface area contributed by atoms with E-state index in [2.05, 4.69) is 15.1 Å². The molecule has 1 aliphatic rings. The molecule has 6 heteroatoms. The van der Waals surface area contributed by atoms with Gasteiger partial charge in [0.05, 0.1) is 6.10 Å². The largest absolute Gasteiger partial charge is 0.393 e. The van der Waals surface area contributed by atoms with E-state index < -0.39 is 0 Å². The van der Waals surface area contributed by atoms with Crippen molar-refractivity contribution >= 4 is 0 Å². The van der Waals surface area contributed by atoms with Crippen LogP contribution in [0.15, 0.2) is 16.9 Å². The van der Waals surface area contributed by atoms with Gasteiger partial charge < -0.3 is 14.2 Å². The molecule has 1 fully saturated rings. The van der Waals surface area contributed by atoms with Crippen LogP contribution in [0.25, 0.3) is 11.6 Å². The average molecular weight is 220 g/mol. The van der Waals surface area contributed by atoms with E-state index in [-0.39, 0.29) is 12.0 Å². The SMILES string of the molecule is Cn1ccnc1-c1noc(C2CC(O)C2)n1. The van der Waals surface area contributed by atoms with Gasteiger partial charge in [-0.25, -0.2) is 4.98 Å². The lowest BCUT2D eigenvalue weighted by Crippen LogP contribution is -2.26. The number of imidazole rings is 1. The molecule has 0 aliphatic heterocycles. The molecule has 1 aliphatic carbocycles. The van der Waals surface area contributed by atoms with Crippen LogP contribution in [0.1, 0.15) is 24.7 Å². The summed E-state index contributed by atoms with van der Waals surface area (Å²) in [6, 6.07) is 0. The third-order valence-electron chi connectivity index (χ3n) is 2.93. The van der Waals surface area contributed by atoms with E-state index in [9.17, 15) is 5.11 Å². The van der Waals surface area contributed by atoms with E-state index in [0.717, 1.165) is 0 Å². The highest BCUT2D eigenvalue weighted by Crippen LogP contribution is 2.36. The van der Waals surface area contributed by atoms with E-state index in [4.69, 9.17) is 4.52 Å². The first-order valence-corrected chi connectivity index (χ1v) is 5.23. The summed E-state index contributed by atoms with van der Waals surface area (Å²) < 4.78 is 7.01. The molecular weight excluding hydrogens is 208 g/mol. The van der Waals surface area contributed by atoms with Gasteiger partial charge in [-0.3, -0.25) is 0 Å². The molecule has 0 unspecified atom stereocenters. The fourth-order valence-electron chi connectivity index (χ4n) is 1.86. The zero-order valence-corrected chi connectivity index (χ0v) is 8.87. The highest BCUT2D eigenvalue weighted by molar-refractivity contribution is 5.42. The van der Waals surface area contributed by atoms with Crippen LogP contribution in [0.3, 0.4) is 0 Å². The summed E-state index contributed by atoms with van der Waals surface area (Å²) in [6.45, 7) is 0. The Labute approximate surface area is 91.9 Å². The minimum Gasteiger partial charge on any atom is -0.393 e. The van der Waals surface area contributed by atoms with Crippen LogP contribution in [-0.2, 0) is 7.05 Å². The van der Waals surface area contributed by atoms with Gasteiger partial charge >= 0.3 is 0 Å². The number of hydrogen-bond donors (Lipinski definition) is 1. The summed E-state index contributed by atoms with van der Waals surface area (Å²) >= 11 is 0. The van der Waals surface area contributed by atoms with Crippen molar-refractivity contribution in [3.63, 3.8) is 0 Å². The van der Waals surface area contributed by atoms with Crippen LogP contribution in [0.5, 0.6) is 0 Å². The summed E-state index contributed by atoms with van der Waals surface area (Å²) in [7, 11) is 1.88. The summed E-state index contributed by atoms with van der Waals surface area (Å²) in [6.07, 6.45) is 4.73. The van der Waals surface area contributed by atoms with Crippen molar-refractivity contribution in [2.45, 2.75) is 24.9 Å². The molecule has 0 amide bonds. The summed E-state index contributed by atoms with van der Waals surface area (Å²) in [5.41, 5.74) is 0. The molecule has 84 valence electrons. The Morgan fingerprint density at radius 1 is 1.50 bits per heavy atom.